The molecule has 1 amide bonds. The van der Waals surface area contributed by atoms with Gasteiger partial charge in [-0.1, -0.05) is 6.42 Å². The summed E-state index contributed by atoms with van der Waals surface area (Å²) in [5.74, 6) is 0.853. The Morgan fingerprint density at radius 2 is 2.38 bits per heavy atom. The number of nitrogens with zero attached hydrogens (tertiary/aromatic N) is 2. The highest BCUT2D eigenvalue weighted by Crippen LogP contribution is 2.19. The SMILES string of the molecule is CC(C)N1CCCC[C@@H]1C(=O)NCCOc1cccnc1. The van der Waals surface area contributed by atoms with E-state index in [1.54, 1.807) is 12.4 Å². The second-order valence-electron chi connectivity index (χ2n) is 5.67. The van der Waals surface area contributed by atoms with Crippen LogP contribution in [0.25, 0.3) is 0 Å². The van der Waals surface area contributed by atoms with Gasteiger partial charge in [0.05, 0.1) is 18.8 Å². The molecular formula is C16H25N3O2. The third-order valence-corrected chi connectivity index (χ3v) is 3.81. The first-order valence-electron chi connectivity index (χ1n) is 7.75. The summed E-state index contributed by atoms with van der Waals surface area (Å²) < 4.78 is 5.53. The van der Waals surface area contributed by atoms with Crippen molar-refractivity contribution >= 4 is 5.91 Å². The topological polar surface area (TPSA) is 54.5 Å². The highest BCUT2D eigenvalue weighted by atomic mass is 16.5. The average Bonchev–Trinajstić information content (AvgIpc) is 2.52. The fourth-order valence-electron chi connectivity index (χ4n) is 2.75. The smallest absolute Gasteiger partial charge is 0.237 e. The van der Waals surface area contributed by atoms with Gasteiger partial charge in [0, 0.05) is 12.2 Å². The first-order chi connectivity index (χ1) is 10.2. The van der Waals surface area contributed by atoms with Gasteiger partial charge in [-0.3, -0.25) is 14.7 Å². The van der Waals surface area contributed by atoms with Gasteiger partial charge in [-0.2, -0.15) is 0 Å². The molecule has 1 fully saturated rings. The summed E-state index contributed by atoms with van der Waals surface area (Å²) in [5.41, 5.74) is 0. The van der Waals surface area contributed by atoms with Crippen LogP contribution in [0.3, 0.4) is 0 Å². The van der Waals surface area contributed by atoms with Crippen molar-refractivity contribution < 1.29 is 9.53 Å². The van der Waals surface area contributed by atoms with Crippen LogP contribution in [0, 0.1) is 0 Å². The van der Waals surface area contributed by atoms with Gasteiger partial charge < -0.3 is 10.1 Å². The molecule has 0 unspecified atom stereocenters. The lowest BCUT2D eigenvalue weighted by Crippen LogP contribution is -2.52. The summed E-state index contributed by atoms with van der Waals surface area (Å²) in [5, 5.41) is 2.98. The molecule has 1 aliphatic rings. The summed E-state index contributed by atoms with van der Waals surface area (Å²) in [7, 11) is 0. The van der Waals surface area contributed by atoms with Crippen LogP contribution in [0.1, 0.15) is 33.1 Å². The lowest BCUT2D eigenvalue weighted by molar-refractivity contribution is -0.128. The van der Waals surface area contributed by atoms with E-state index in [1.807, 2.05) is 12.1 Å². The van der Waals surface area contributed by atoms with Gasteiger partial charge in [-0.25, -0.2) is 0 Å². The first kappa shape index (κ1) is 15.8. The van der Waals surface area contributed by atoms with Crippen molar-refractivity contribution in [3.05, 3.63) is 24.5 Å². The zero-order chi connectivity index (χ0) is 15.1. The maximum absolute atomic E-state index is 12.3. The second kappa shape index (κ2) is 7.98. The highest BCUT2D eigenvalue weighted by molar-refractivity contribution is 5.81. The fraction of sp³-hybridized carbons (Fsp3) is 0.625. The fourth-order valence-corrected chi connectivity index (χ4v) is 2.75. The second-order valence-corrected chi connectivity index (χ2v) is 5.67. The number of piperidine rings is 1. The Kier molecular flexibility index (Phi) is 5.99. The van der Waals surface area contributed by atoms with E-state index in [-0.39, 0.29) is 11.9 Å². The molecule has 1 N–H and O–H groups in total. The van der Waals surface area contributed by atoms with E-state index in [4.69, 9.17) is 4.74 Å². The summed E-state index contributed by atoms with van der Waals surface area (Å²) >= 11 is 0. The average molecular weight is 291 g/mol. The normalized spacial score (nSPS) is 19.5. The molecule has 1 aromatic heterocycles. The first-order valence-corrected chi connectivity index (χ1v) is 7.75. The number of likely N-dealkylation sites (tertiary alicyclic amines) is 1. The molecule has 0 saturated carbocycles. The van der Waals surface area contributed by atoms with Gasteiger partial charge in [0.2, 0.25) is 5.91 Å². The van der Waals surface area contributed by atoms with E-state index in [0.717, 1.165) is 25.1 Å². The van der Waals surface area contributed by atoms with E-state index in [2.05, 4.69) is 29.0 Å². The van der Waals surface area contributed by atoms with Gasteiger partial charge in [-0.15, -0.1) is 0 Å². The Hall–Kier alpha value is -1.62. The number of carbonyl (C=O) groups excluding carboxylic acids is 1. The van der Waals surface area contributed by atoms with Crippen LogP contribution in [-0.2, 0) is 4.79 Å². The minimum Gasteiger partial charge on any atom is -0.490 e. The Morgan fingerprint density at radius 3 is 3.10 bits per heavy atom. The Balaban J connectivity index is 1.73. The molecule has 116 valence electrons. The number of nitrogens with one attached hydrogen (secondary N) is 1. The van der Waals surface area contributed by atoms with E-state index >= 15 is 0 Å². The quantitative estimate of drug-likeness (QED) is 0.813. The molecule has 2 rings (SSSR count). The van der Waals surface area contributed by atoms with Gasteiger partial charge >= 0.3 is 0 Å². The summed E-state index contributed by atoms with van der Waals surface area (Å²) in [6, 6.07) is 4.11. The largest absolute Gasteiger partial charge is 0.490 e. The molecule has 21 heavy (non-hydrogen) atoms. The number of aromatic nitrogens is 1. The molecule has 2 heterocycles. The van der Waals surface area contributed by atoms with E-state index in [1.165, 1.54) is 6.42 Å². The number of hydrogen-bond acceptors (Lipinski definition) is 4. The number of pyridine rings is 1. The molecule has 0 radical (unpaired) electrons. The minimum absolute atomic E-state index is 0.0112. The third kappa shape index (κ3) is 4.70. The van der Waals surface area contributed by atoms with Crippen LogP contribution < -0.4 is 10.1 Å². The molecule has 5 nitrogen and oxygen atoms in total. The zero-order valence-corrected chi connectivity index (χ0v) is 12.9. The monoisotopic (exact) mass is 291 g/mol. The summed E-state index contributed by atoms with van der Waals surface area (Å²) in [6.45, 7) is 6.30. The summed E-state index contributed by atoms with van der Waals surface area (Å²) in [4.78, 5) is 18.6. The number of rotatable bonds is 6. The number of carbonyl (C=O) groups is 1. The van der Waals surface area contributed by atoms with Crippen molar-refractivity contribution in [3.63, 3.8) is 0 Å². The molecule has 5 heteroatoms. The molecule has 0 bridgehead atoms. The van der Waals surface area contributed by atoms with Crippen LogP contribution in [0.2, 0.25) is 0 Å². The van der Waals surface area contributed by atoms with Crippen LogP contribution in [-0.4, -0.2) is 47.6 Å². The van der Waals surface area contributed by atoms with Gasteiger partial charge in [0.25, 0.3) is 0 Å². The van der Waals surface area contributed by atoms with Gasteiger partial charge in [-0.05, 0) is 45.4 Å². The molecule has 1 saturated heterocycles. The number of ether oxygens (including phenoxy) is 1. The molecular weight excluding hydrogens is 266 g/mol. The van der Waals surface area contributed by atoms with Crippen molar-refractivity contribution in [1.82, 2.24) is 15.2 Å². The summed E-state index contributed by atoms with van der Waals surface area (Å²) in [6.07, 6.45) is 6.65. The van der Waals surface area contributed by atoms with E-state index in [9.17, 15) is 4.79 Å². The van der Waals surface area contributed by atoms with Gasteiger partial charge in [0.1, 0.15) is 12.4 Å². The maximum Gasteiger partial charge on any atom is 0.237 e. The zero-order valence-electron chi connectivity index (χ0n) is 12.9. The van der Waals surface area contributed by atoms with E-state index in [0.29, 0.717) is 19.2 Å². The van der Waals surface area contributed by atoms with Crippen molar-refractivity contribution in [2.75, 3.05) is 19.7 Å². The predicted molar refractivity (Wildman–Crippen MR) is 82.2 cm³/mol. The van der Waals surface area contributed by atoms with Crippen LogP contribution in [0.5, 0.6) is 5.75 Å². The molecule has 0 aliphatic carbocycles. The molecule has 0 aromatic carbocycles. The lowest BCUT2D eigenvalue weighted by atomic mass is 10.00. The third-order valence-electron chi connectivity index (χ3n) is 3.81. The van der Waals surface area contributed by atoms with E-state index < -0.39 is 0 Å². The van der Waals surface area contributed by atoms with Crippen molar-refractivity contribution in [2.45, 2.75) is 45.2 Å². The van der Waals surface area contributed by atoms with Crippen LogP contribution in [0.4, 0.5) is 0 Å². The lowest BCUT2D eigenvalue weighted by Gasteiger charge is -2.37. The number of hydrogen-bond donors (Lipinski definition) is 1. The van der Waals surface area contributed by atoms with Gasteiger partial charge in [0.15, 0.2) is 0 Å². The van der Waals surface area contributed by atoms with Crippen LogP contribution in [0.15, 0.2) is 24.5 Å². The van der Waals surface area contributed by atoms with Crippen molar-refractivity contribution in [3.8, 4) is 5.75 Å². The minimum atomic E-state index is 0.0112. The number of amides is 1. The maximum atomic E-state index is 12.3. The predicted octanol–water partition coefficient (Wildman–Crippen LogP) is 1.84. The molecule has 0 spiro atoms. The standard InChI is InChI=1S/C16H25N3O2/c1-13(2)19-10-4-3-7-15(19)16(20)18-9-11-21-14-6-5-8-17-12-14/h5-6,8,12-13,15H,3-4,7,9-11H2,1-2H3,(H,18,20)/t15-/m1/s1. The molecule has 1 atom stereocenters. The Labute approximate surface area is 126 Å². The highest BCUT2D eigenvalue weighted by Gasteiger charge is 2.29. The molecule has 1 aliphatic heterocycles. The van der Waals surface area contributed by atoms with Crippen molar-refractivity contribution in [1.29, 1.82) is 0 Å². The Morgan fingerprint density at radius 1 is 1.52 bits per heavy atom. The van der Waals surface area contributed by atoms with Crippen molar-refractivity contribution in [2.24, 2.45) is 0 Å². The Bertz CT molecular complexity index is 436. The van der Waals surface area contributed by atoms with Crippen LogP contribution >= 0.6 is 0 Å². The molecule has 1 aromatic rings.